The van der Waals surface area contributed by atoms with E-state index in [0.717, 1.165) is 38.6 Å². The summed E-state index contributed by atoms with van der Waals surface area (Å²) in [5.74, 6) is 0.895. The molecule has 2 N–H and O–H groups in total. The van der Waals surface area contributed by atoms with Gasteiger partial charge in [-0.05, 0) is 31.7 Å². The van der Waals surface area contributed by atoms with Gasteiger partial charge < -0.3 is 10.4 Å². The van der Waals surface area contributed by atoms with Crippen LogP contribution in [0.2, 0.25) is 0 Å². The van der Waals surface area contributed by atoms with E-state index >= 15 is 0 Å². The molecule has 1 aliphatic heterocycles. The minimum atomic E-state index is -2.77. The second-order valence-corrected chi connectivity index (χ2v) is 8.27. The molecule has 18 heavy (non-hydrogen) atoms. The zero-order chi connectivity index (χ0) is 13.1. The Balaban J connectivity index is 1.71. The summed E-state index contributed by atoms with van der Waals surface area (Å²) in [6.07, 6.45) is 7.19. The molecule has 2 aliphatic rings. The molecule has 1 heterocycles. The van der Waals surface area contributed by atoms with Gasteiger partial charge in [0, 0.05) is 6.54 Å². The Hall–Kier alpha value is -0.130. The van der Waals surface area contributed by atoms with Crippen LogP contribution >= 0.6 is 0 Å². The average Bonchev–Trinajstić information content (AvgIpc) is 2.50. The molecular formula is C13H25NO3S. The van der Waals surface area contributed by atoms with E-state index in [2.05, 4.69) is 5.32 Å². The minimum absolute atomic E-state index is 0.240. The second kappa shape index (κ2) is 5.88. The largest absolute Gasteiger partial charge is 0.389 e. The lowest BCUT2D eigenvalue weighted by Crippen LogP contribution is -2.41. The van der Waals surface area contributed by atoms with Crippen LogP contribution in [0.25, 0.3) is 0 Å². The molecule has 0 aromatic heterocycles. The fourth-order valence-electron chi connectivity index (χ4n) is 3.11. The SMILES string of the molecule is O=S1(=O)CCC(CNCC2(O)CCCCCC2)C1. The van der Waals surface area contributed by atoms with Gasteiger partial charge in [0.15, 0.2) is 9.84 Å². The van der Waals surface area contributed by atoms with Crippen LogP contribution < -0.4 is 5.32 Å². The van der Waals surface area contributed by atoms with Crippen molar-refractivity contribution in [1.29, 1.82) is 0 Å². The monoisotopic (exact) mass is 275 g/mol. The first-order chi connectivity index (χ1) is 8.49. The maximum atomic E-state index is 11.3. The smallest absolute Gasteiger partial charge is 0.150 e. The predicted molar refractivity (Wildman–Crippen MR) is 72.3 cm³/mol. The summed E-state index contributed by atoms with van der Waals surface area (Å²) in [5, 5.41) is 13.7. The molecular weight excluding hydrogens is 250 g/mol. The number of nitrogens with one attached hydrogen (secondary N) is 1. The fourth-order valence-corrected chi connectivity index (χ4v) is 4.97. The topological polar surface area (TPSA) is 66.4 Å². The lowest BCUT2D eigenvalue weighted by molar-refractivity contribution is 0.0248. The Morgan fingerprint density at radius 2 is 1.83 bits per heavy atom. The first-order valence-corrected chi connectivity index (χ1v) is 8.95. The molecule has 5 heteroatoms. The van der Waals surface area contributed by atoms with E-state index in [1.54, 1.807) is 0 Å². The molecule has 1 atom stereocenters. The Morgan fingerprint density at radius 3 is 2.39 bits per heavy atom. The van der Waals surface area contributed by atoms with E-state index in [-0.39, 0.29) is 5.92 Å². The summed E-state index contributed by atoms with van der Waals surface area (Å²) < 4.78 is 22.7. The molecule has 0 radical (unpaired) electrons. The van der Waals surface area contributed by atoms with Gasteiger partial charge in [-0.25, -0.2) is 8.42 Å². The van der Waals surface area contributed by atoms with Gasteiger partial charge in [-0.1, -0.05) is 25.7 Å². The Kier molecular flexibility index (Phi) is 4.67. The zero-order valence-electron chi connectivity index (χ0n) is 11.0. The first kappa shape index (κ1) is 14.3. The second-order valence-electron chi connectivity index (χ2n) is 6.04. The van der Waals surface area contributed by atoms with Crippen LogP contribution in [0.1, 0.15) is 44.9 Å². The van der Waals surface area contributed by atoms with Crippen molar-refractivity contribution in [1.82, 2.24) is 5.32 Å². The van der Waals surface area contributed by atoms with Crippen molar-refractivity contribution >= 4 is 9.84 Å². The van der Waals surface area contributed by atoms with Gasteiger partial charge in [0.05, 0.1) is 17.1 Å². The molecule has 106 valence electrons. The lowest BCUT2D eigenvalue weighted by atomic mass is 9.94. The molecule has 1 aliphatic carbocycles. The summed E-state index contributed by atoms with van der Waals surface area (Å²) in [4.78, 5) is 0. The third-order valence-electron chi connectivity index (χ3n) is 4.25. The van der Waals surface area contributed by atoms with Crippen LogP contribution in [0.15, 0.2) is 0 Å². The number of hydrogen-bond donors (Lipinski definition) is 2. The highest BCUT2D eigenvalue weighted by Crippen LogP contribution is 2.26. The van der Waals surface area contributed by atoms with Crippen molar-refractivity contribution in [3.05, 3.63) is 0 Å². The standard InChI is InChI=1S/C13H25NO3S/c15-13(6-3-1-2-4-7-13)11-14-9-12-5-8-18(16,17)10-12/h12,14-15H,1-11H2. The van der Waals surface area contributed by atoms with Gasteiger partial charge in [0.1, 0.15) is 0 Å². The minimum Gasteiger partial charge on any atom is -0.389 e. The lowest BCUT2D eigenvalue weighted by Gasteiger charge is -2.27. The number of hydrogen-bond acceptors (Lipinski definition) is 4. The van der Waals surface area contributed by atoms with Crippen LogP contribution in [0.3, 0.4) is 0 Å². The summed E-state index contributed by atoms with van der Waals surface area (Å²) in [5.41, 5.74) is -0.562. The molecule has 0 aromatic carbocycles. The van der Waals surface area contributed by atoms with Crippen LogP contribution in [0, 0.1) is 5.92 Å². The molecule has 4 nitrogen and oxygen atoms in total. The summed E-state index contributed by atoms with van der Waals surface area (Å²) in [7, 11) is -2.77. The maximum Gasteiger partial charge on any atom is 0.150 e. The van der Waals surface area contributed by atoms with Gasteiger partial charge in [-0.3, -0.25) is 0 Å². The summed E-state index contributed by atoms with van der Waals surface area (Å²) >= 11 is 0. The average molecular weight is 275 g/mol. The zero-order valence-corrected chi connectivity index (χ0v) is 11.8. The molecule has 0 bridgehead atoms. The first-order valence-electron chi connectivity index (χ1n) is 7.13. The normalized spacial score (nSPS) is 31.1. The Bertz CT molecular complexity index is 358. The van der Waals surface area contributed by atoms with E-state index < -0.39 is 15.4 Å². The van der Waals surface area contributed by atoms with Gasteiger partial charge in [0.25, 0.3) is 0 Å². The van der Waals surface area contributed by atoms with Crippen molar-refractivity contribution in [3.63, 3.8) is 0 Å². The van der Waals surface area contributed by atoms with Crippen molar-refractivity contribution in [2.75, 3.05) is 24.6 Å². The van der Waals surface area contributed by atoms with Crippen LogP contribution in [0.4, 0.5) is 0 Å². The van der Waals surface area contributed by atoms with Gasteiger partial charge >= 0.3 is 0 Å². The van der Waals surface area contributed by atoms with E-state index in [1.165, 1.54) is 12.8 Å². The van der Waals surface area contributed by atoms with E-state index in [0.29, 0.717) is 18.1 Å². The quantitative estimate of drug-likeness (QED) is 0.754. The van der Waals surface area contributed by atoms with Gasteiger partial charge in [-0.15, -0.1) is 0 Å². The van der Waals surface area contributed by atoms with E-state index in [9.17, 15) is 13.5 Å². The van der Waals surface area contributed by atoms with Crippen molar-refractivity contribution < 1.29 is 13.5 Å². The number of sulfone groups is 1. The molecule has 0 spiro atoms. The predicted octanol–water partition coefficient (Wildman–Crippen LogP) is 1.10. The van der Waals surface area contributed by atoms with Crippen molar-refractivity contribution in [2.45, 2.75) is 50.5 Å². The third-order valence-corrected chi connectivity index (χ3v) is 6.09. The van der Waals surface area contributed by atoms with Gasteiger partial charge in [0.2, 0.25) is 0 Å². The van der Waals surface area contributed by atoms with E-state index in [1.807, 2.05) is 0 Å². The maximum absolute atomic E-state index is 11.3. The van der Waals surface area contributed by atoms with Crippen LogP contribution in [-0.4, -0.2) is 43.7 Å². The van der Waals surface area contributed by atoms with Crippen LogP contribution in [-0.2, 0) is 9.84 Å². The molecule has 1 saturated carbocycles. The molecule has 1 unspecified atom stereocenters. The molecule has 2 fully saturated rings. The summed E-state index contributed by atoms with van der Waals surface area (Å²) in [6.45, 7) is 1.34. The molecule has 0 aromatic rings. The summed E-state index contributed by atoms with van der Waals surface area (Å²) in [6, 6.07) is 0. The van der Waals surface area contributed by atoms with Crippen molar-refractivity contribution in [3.8, 4) is 0 Å². The van der Waals surface area contributed by atoms with Gasteiger partial charge in [-0.2, -0.15) is 0 Å². The molecule has 1 saturated heterocycles. The van der Waals surface area contributed by atoms with E-state index in [4.69, 9.17) is 0 Å². The molecule has 0 amide bonds. The third kappa shape index (κ3) is 4.21. The Morgan fingerprint density at radius 1 is 1.17 bits per heavy atom. The highest BCUT2D eigenvalue weighted by molar-refractivity contribution is 7.91. The highest BCUT2D eigenvalue weighted by Gasteiger charge is 2.30. The number of aliphatic hydroxyl groups is 1. The number of rotatable bonds is 4. The fraction of sp³-hybridized carbons (Fsp3) is 1.00. The highest BCUT2D eigenvalue weighted by atomic mass is 32.2. The van der Waals surface area contributed by atoms with Crippen molar-refractivity contribution in [2.24, 2.45) is 5.92 Å². The Labute approximate surface area is 110 Å². The van der Waals surface area contributed by atoms with Crippen LogP contribution in [0.5, 0.6) is 0 Å². The molecule has 2 rings (SSSR count).